The fraction of sp³-hybridized carbons (Fsp3) is 0.125. The standard InChI is InChI=1S/C8H11NO2/c1-5(2)7(8(10)11)4-6(3)9/h4H,1,3,9H2,2H3,(H,10,11)/b7-4+. The average molecular weight is 153 g/mol. The summed E-state index contributed by atoms with van der Waals surface area (Å²) in [6, 6.07) is 0. The fourth-order valence-electron chi connectivity index (χ4n) is 0.553. The number of carboxylic acids is 1. The van der Waals surface area contributed by atoms with E-state index in [4.69, 9.17) is 10.8 Å². The Hall–Kier alpha value is -1.51. The maximum absolute atomic E-state index is 10.5. The molecule has 0 saturated carbocycles. The zero-order valence-corrected chi connectivity index (χ0v) is 6.42. The number of carboxylic acid groups (broad SMARTS) is 1. The van der Waals surface area contributed by atoms with Gasteiger partial charge in [-0.2, -0.15) is 0 Å². The van der Waals surface area contributed by atoms with Crippen molar-refractivity contribution in [2.75, 3.05) is 0 Å². The summed E-state index contributed by atoms with van der Waals surface area (Å²) in [5, 5.41) is 8.57. The van der Waals surface area contributed by atoms with Crippen molar-refractivity contribution in [3.05, 3.63) is 36.1 Å². The molecule has 0 bridgehead atoms. The number of hydrogen-bond acceptors (Lipinski definition) is 2. The lowest BCUT2D eigenvalue weighted by Gasteiger charge is -1.99. The number of rotatable bonds is 3. The van der Waals surface area contributed by atoms with Gasteiger partial charge in [-0.1, -0.05) is 13.2 Å². The van der Waals surface area contributed by atoms with Gasteiger partial charge in [-0.05, 0) is 18.6 Å². The number of hydrogen-bond donors (Lipinski definition) is 2. The molecular weight excluding hydrogens is 142 g/mol. The highest BCUT2D eigenvalue weighted by Gasteiger charge is 2.06. The summed E-state index contributed by atoms with van der Waals surface area (Å²) in [4.78, 5) is 10.5. The van der Waals surface area contributed by atoms with Gasteiger partial charge in [0, 0.05) is 5.70 Å². The molecule has 0 atom stereocenters. The monoisotopic (exact) mass is 153 g/mol. The van der Waals surface area contributed by atoms with Gasteiger partial charge in [0.15, 0.2) is 0 Å². The number of carbonyl (C=O) groups is 1. The van der Waals surface area contributed by atoms with Crippen LogP contribution in [0.2, 0.25) is 0 Å². The normalized spacial score (nSPS) is 10.8. The molecule has 0 amide bonds. The van der Waals surface area contributed by atoms with Crippen molar-refractivity contribution in [2.45, 2.75) is 6.92 Å². The molecule has 0 unspecified atom stereocenters. The van der Waals surface area contributed by atoms with Crippen LogP contribution in [0.15, 0.2) is 36.1 Å². The second-order valence-electron chi connectivity index (χ2n) is 2.22. The Morgan fingerprint density at radius 1 is 1.55 bits per heavy atom. The van der Waals surface area contributed by atoms with Crippen LogP contribution >= 0.6 is 0 Å². The molecule has 0 heterocycles. The minimum Gasteiger partial charge on any atom is -0.478 e. The minimum atomic E-state index is -1.04. The highest BCUT2D eigenvalue weighted by atomic mass is 16.4. The van der Waals surface area contributed by atoms with E-state index in [1.165, 1.54) is 6.08 Å². The van der Waals surface area contributed by atoms with E-state index in [2.05, 4.69) is 13.2 Å². The molecule has 0 aliphatic heterocycles. The van der Waals surface area contributed by atoms with Crippen LogP contribution in [0.1, 0.15) is 6.92 Å². The number of nitrogens with two attached hydrogens (primary N) is 1. The lowest BCUT2D eigenvalue weighted by molar-refractivity contribution is -0.132. The molecule has 3 N–H and O–H groups in total. The second kappa shape index (κ2) is 3.61. The average Bonchev–Trinajstić information content (AvgIpc) is 1.81. The first-order valence-electron chi connectivity index (χ1n) is 3.00. The van der Waals surface area contributed by atoms with Gasteiger partial charge >= 0.3 is 5.97 Å². The number of allylic oxidation sites excluding steroid dienone is 1. The highest BCUT2D eigenvalue weighted by molar-refractivity contribution is 5.91. The lowest BCUT2D eigenvalue weighted by atomic mass is 10.1. The van der Waals surface area contributed by atoms with Crippen molar-refractivity contribution >= 4 is 5.97 Å². The first kappa shape index (κ1) is 9.49. The third-order valence-electron chi connectivity index (χ3n) is 1.02. The van der Waals surface area contributed by atoms with Crippen molar-refractivity contribution in [2.24, 2.45) is 5.73 Å². The highest BCUT2D eigenvalue weighted by Crippen LogP contribution is 2.07. The van der Waals surface area contributed by atoms with Gasteiger partial charge in [0.05, 0.1) is 5.57 Å². The number of aliphatic carboxylic acids is 1. The molecule has 60 valence electrons. The topological polar surface area (TPSA) is 63.3 Å². The van der Waals surface area contributed by atoms with Crippen LogP contribution in [0.25, 0.3) is 0 Å². The molecule has 0 spiro atoms. The molecule has 11 heavy (non-hydrogen) atoms. The van der Waals surface area contributed by atoms with E-state index >= 15 is 0 Å². The molecule has 0 rings (SSSR count). The summed E-state index contributed by atoms with van der Waals surface area (Å²) in [6.45, 7) is 8.44. The van der Waals surface area contributed by atoms with Gasteiger partial charge in [-0.15, -0.1) is 0 Å². The van der Waals surface area contributed by atoms with Crippen LogP contribution in [-0.4, -0.2) is 11.1 Å². The molecule has 3 heteroatoms. The van der Waals surface area contributed by atoms with Gasteiger partial charge in [0.25, 0.3) is 0 Å². The molecule has 0 aliphatic carbocycles. The fourth-order valence-corrected chi connectivity index (χ4v) is 0.553. The predicted octanol–water partition coefficient (Wildman–Crippen LogP) is 1.05. The lowest BCUT2D eigenvalue weighted by Crippen LogP contribution is -2.03. The van der Waals surface area contributed by atoms with Crippen molar-refractivity contribution in [1.82, 2.24) is 0 Å². The van der Waals surface area contributed by atoms with Crippen LogP contribution in [0.5, 0.6) is 0 Å². The SMILES string of the molecule is C=C(N)/C=C(\C(=C)C)C(=O)O. The van der Waals surface area contributed by atoms with Crippen LogP contribution in [0, 0.1) is 0 Å². The third kappa shape index (κ3) is 3.25. The Morgan fingerprint density at radius 3 is 2.09 bits per heavy atom. The van der Waals surface area contributed by atoms with Crippen LogP contribution in [-0.2, 0) is 4.79 Å². The van der Waals surface area contributed by atoms with E-state index in [0.29, 0.717) is 5.57 Å². The zero-order chi connectivity index (χ0) is 9.02. The van der Waals surface area contributed by atoms with Crippen molar-refractivity contribution in [3.8, 4) is 0 Å². The van der Waals surface area contributed by atoms with E-state index in [1.807, 2.05) is 0 Å². The molecule has 0 aromatic heterocycles. The molecular formula is C8H11NO2. The van der Waals surface area contributed by atoms with Gasteiger partial charge in [-0.25, -0.2) is 4.79 Å². The summed E-state index contributed by atoms with van der Waals surface area (Å²) in [5.41, 5.74) is 5.96. The van der Waals surface area contributed by atoms with E-state index in [1.54, 1.807) is 6.92 Å². The Labute approximate surface area is 65.5 Å². The molecule has 0 aromatic rings. The summed E-state index contributed by atoms with van der Waals surface area (Å²) < 4.78 is 0. The van der Waals surface area contributed by atoms with Crippen LogP contribution in [0.4, 0.5) is 0 Å². The molecule has 0 aromatic carbocycles. The Kier molecular flexibility index (Phi) is 3.11. The molecule has 0 saturated heterocycles. The van der Waals surface area contributed by atoms with Gasteiger partial charge in [0.2, 0.25) is 0 Å². The molecule has 0 radical (unpaired) electrons. The molecule has 0 fully saturated rings. The van der Waals surface area contributed by atoms with Crippen LogP contribution in [0.3, 0.4) is 0 Å². The van der Waals surface area contributed by atoms with Crippen molar-refractivity contribution < 1.29 is 9.90 Å². The summed E-state index contributed by atoms with van der Waals surface area (Å²) in [7, 11) is 0. The van der Waals surface area contributed by atoms with Crippen LogP contribution < -0.4 is 5.73 Å². The Morgan fingerprint density at radius 2 is 2.00 bits per heavy atom. The first-order chi connectivity index (χ1) is 4.95. The van der Waals surface area contributed by atoms with E-state index in [-0.39, 0.29) is 11.3 Å². The van der Waals surface area contributed by atoms with Gasteiger partial charge in [-0.3, -0.25) is 0 Å². The predicted molar refractivity (Wildman–Crippen MR) is 43.9 cm³/mol. The largest absolute Gasteiger partial charge is 0.478 e. The summed E-state index contributed by atoms with van der Waals surface area (Å²) >= 11 is 0. The Bertz CT molecular complexity index is 222. The Balaban J connectivity index is 4.75. The summed E-state index contributed by atoms with van der Waals surface area (Å²) in [5.74, 6) is -1.04. The van der Waals surface area contributed by atoms with Gasteiger partial charge in [0.1, 0.15) is 0 Å². The van der Waals surface area contributed by atoms with Crippen molar-refractivity contribution in [3.63, 3.8) is 0 Å². The maximum Gasteiger partial charge on any atom is 0.336 e. The first-order valence-corrected chi connectivity index (χ1v) is 3.00. The zero-order valence-electron chi connectivity index (χ0n) is 6.42. The quantitative estimate of drug-likeness (QED) is 0.470. The van der Waals surface area contributed by atoms with Gasteiger partial charge < -0.3 is 10.8 Å². The second-order valence-corrected chi connectivity index (χ2v) is 2.22. The van der Waals surface area contributed by atoms with E-state index in [0.717, 1.165) is 0 Å². The molecule has 3 nitrogen and oxygen atoms in total. The molecule has 0 aliphatic rings. The minimum absolute atomic E-state index is 0.0949. The third-order valence-corrected chi connectivity index (χ3v) is 1.02. The maximum atomic E-state index is 10.5. The van der Waals surface area contributed by atoms with E-state index < -0.39 is 5.97 Å². The summed E-state index contributed by atoms with van der Waals surface area (Å²) in [6.07, 6.45) is 1.28. The van der Waals surface area contributed by atoms with Crippen molar-refractivity contribution in [1.29, 1.82) is 0 Å². The van der Waals surface area contributed by atoms with E-state index in [9.17, 15) is 4.79 Å². The smallest absolute Gasteiger partial charge is 0.336 e.